The number of hydrogen-bond acceptors (Lipinski definition) is 7. The zero-order chi connectivity index (χ0) is 30.9. The summed E-state index contributed by atoms with van der Waals surface area (Å²) >= 11 is 0. The molecule has 0 spiro atoms. The van der Waals surface area contributed by atoms with E-state index >= 15 is 0 Å². The number of H-pyrrole nitrogens is 1. The number of fused-ring (bicyclic) bond motifs is 1. The maximum absolute atomic E-state index is 11.8. The number of carbonyl (C=O) groups is 1. The number of nitrogen functional groups attached to an aromatic ring is 1. The number of aromatic amines is 1. The number of carboxylic acids is 1. The normalized spacial score (nSPS) is 13.7. The third kappa shape index (κ3) is 5.62. The van der Waals surface area contributed by atoms with Crippen molar-refractivity contribution in [1.29, 1.82) is 0 Å². The Kier molecular flexibility index (Phi) is 7.46. The maximum Gasteiger partial charge on any atom is 0.335 e. The van der Waals surface area contributed by atoms with Crippen molar-refractivity contribution >= 4 is 22.7 Å². The van der Waals surface area contributed by atoms with E-state index in [1.165, 1.54) is 19.3 Å². The first-order chi connectivity index (χ1) is 21.9. The number of benzene rings is 4. The monoisotopic (exact) mass is 599 g/mol. The predicted molar refractivity (Wildman–Crippen MR) is 173 cm³/mol. The summed E-state index contributed by atoms with van der Waals surface area (Å²) in [5.74, 6) is 1.14. The molecule has 1 aliphatic rings. The minimum atomic E-state index is -0.985. The molecule has 0 atom stereocenters. The predicted octanol–water partition coefficient (Wildman–Crippen LogP) is 7.22. The number of aromatic carboxylic acids is 1. The maximum atomic E-state index is 11.8. The van der Waals surface area contributed by atoms with Crippen LogP contribution in [0.25, 0.3) is 44.9 Å². The summed E-state index contributed by atoms with van der Waals surface area (Å²) in [6, 6.07) is 25.4. The van der Waals surface area contributed by atoms with Gasteiger partial charge in [-0.1, -0.05) is 37.5 Å². The van der Waals surface area contributed by atoms with Crippen molar-refractivity contribution in [3.8, 4) is 39.7 Å². The second kappa shape index (κ2) is 11.9. The number of imidazole rings is 1. The Balaban J connectivity index is 1.19. The van der Waals surface area contributed by atoms with Gasteiger partial charge in [0, 0.05) is 22.9 Å². The average Bonchev–Trinajstić information content (AvgIpc) is 3.74. The van der Waals surface area contributed by atoms with Gasteiger partial charge in [0.2, 0.25) is 5.82 Å². The lowest BCUT2D eigenvalue weighted by atomic mass is 9.94. The molecule has 0 radical (unpaired) electrons. The van der Waals surface area contributed by atoms with Crippen LogP contribution in [0.5, 0.6) is 5.75 Å². The molecule has 4 N–H and O–H groups in total. The third-order valence-electron chi connectivity index (χ3n) is 8.68. The molecule has 1 fully saturated rings. The molecule has 2 heterocycles. The summed E-state index contributed by atoms with van der Waals surface area (Å²) in [6.45, 7) is 2.15. The second-order valence-electron chi connectivity index (χ2n) is 11.6. The summed E-state index contributed by atoms with van der Waals surface area (Å²) < 4.78 is 8.61. The Morgan fingerprint density at radius 3 is 2.47 bits per heavy atom. The minimum Gasteiger partial charge on any atom is -0.489 e. The first-order valence-electron chi connectivity index (χ1n) is 15.2. The van der Waals surface area contributed by atoms with Gasteiger partial charge in [-0.3, -0.25) is 0 Å². The Morgan fingerprint density at radius 1 is 0.956 bits per heavy atom. The molecule has 45 heavy (non-hydrogen) atoms. The van der Waals surface area contributed by atoms with E-state index in [0.717, 1.165) is 63.1 Å². The van der Waals surface area contributed by atoms with E-state index in [-0.39, 0.29) is 12.2 Å². The van der Waals surface area contributed by atoms with Crippen molar-refractivity contribution in [2.75, 3.05) is 5.73 Å². The number of nitrogens with two attached hydrogens (primary N) is 1. The van der Waals surface area contributed by atoms with Gasteiger partial charge in [-0.15, -0.1) is 10.2 Å². The van der Waals surface area contributed by atoms with Crippen molar-refractivity contribution in [2.45, 2.75) is 51.7 Å². The van der Waals surface area contributed by atoms with Gasteiger partial charge in [0.15, 0.2) is 0 Å². The number of hydrogen-bond donors (Lipinski definition) is 3. The molecule has 226 valence electrons. The van der Waals surface area contributed by atoms with E-state index in [2.05, 4.69) is 31.3 Å². The van der Waals surface area contributed by atoms with Crippen LogP contribution in [0.3, 0.4) is 0 Å². The molecule has 0 unspecified atom stereocenters. The molecule has 0 aliphatic heterocycles. The van der Waals surface area contributed by atoms with E-state index in [4.69, 9.17) is 15.5 Å². The number of anilines is 1. The lowest BCUT2D eigenvalue weighted by Crippen LogP contribution is -2.14. The molecule has 1 aliphatic carbocycles. The van der Waals surface area contributed by atoms with Crippen LogP contribution in [0, 0.1) is 6.92 Å². The molecule has 4 aromatic carbocycles. The van der Waals surface area contributed by atoms with Crippen LogP contribution in [-0.2, 0) is 6.61 Å². The van der Waals surface area contributed by atoms with Crippen LogP contribution in [0.2, 0.25) is 0 Å². The zero-order valence-electron chi connectivity index (χ0n) is 24.9. The number of carboxylic acid groups (broad SMARTS) is 1. The highest BCUT2D eigenvalue weighted by molar-refractivity contribution is 5.89. The van der Waals surface area contributed by atoms with Gasteiger partial charge in [0.25, 0.3) is 0 Å². The standard InChI is InChI=1S/C35H33N7O3/c1-21-7-8-23(18-30(21)36)29-15-11-25(35(43)44)17-26(29)20-45-28-13-9-22(10-14-28)34-37-31-19-24(33-38-40-41-39-33)12-16-32(31)42(34)27-5-3-2-4-6-27/h7-19,27H,2-6,20,36H2,1H3,(H,43,44)(H,38,39,40,41). The molecule has 7 rings (SSSR count). The number of ether oxygens (including phenoxy) is 1. The van der Waals surface area contributed by atoms with Gasteiger partial charge in [-0.05, 0) is 108 Å². The Labute approximate surface area is 259 Å². The lowest BCUT2D eigenvalue weighted by Gasteiger charge is -2.25. The highest BCUT2D eigenvalue weighted by Crippen LogP contribution is 2.37. The van der Waals surface area contributed by atoms with Crippen LogP contribution in [0.4, 0.5) is 5.69 Å². The van der Waals surface area contributed by atoms with Crippen LogP contribution in [0.15, 0.2) is 78.9 Å². The van der Waals surface area contributed by atoms with E-state index in [9.17, 15) is 9.90 Å². The number of aryl methyl sites for hydroxylation is 1. The first-order valence-corrected chi connectivity index (χ1v) is 15.2. The van der Waals surface area contributed by atoms with Crippen molar-refractivity contribution in [3.63, 3.8) is 0 Å². The molecule has 0 amide bonds. The summed E-state index contributed by atoms with van der Waals surface area (Å²) in [5.41, 5.74) is 14.4. The number of aromatic nitrogens is 6. The van der Waals surface area contributed by atoms with Crippen molar-refractivity contribution < 1.29 is 14.6 Å². The van der Waals surface area contributed by atoms with Crippen molar-refractivity contribution in [2.24, 2.45) is 0 Å². The van der Waals surface area contributed by atoms with Gasteiger partial charge in [-0.2, -0.15) is 5.21 Å². The molecule has 6 aromatic rings. The summed E-state index contributed by atoms with van der Waals surface area (Å²) in [4.78, 5) is 16.9. The fourth-order valence-electron chi connectivity index (χ4n) is 6.23. The summed E-state index contributed by atoms with van der Waals surface area (Å²) in [6.07, 6.45) is 5.92. The van der Waals surface area contributed by atoms with E-state index in [1.54, 1.807) is 12.1 Å². The van der Waals surface area contributed by atoms with Crippen LogP contribution in [-0.4, -0.2) is 41.3 Å². The first kappa shape index (κ1) is 28.3. The minimum absolute atomic E-state index is 0.197. The highest BCUT2D eigenvalue weighted by atomic mass is 16.5. The molecule has 0 saturated heterocycles. The van der Waals surface area contributed by atoms with Gasteiger partial charge >= 0.3 is 5.97 Å². The molecule has 10 nitrogen and oxygen atoms in total. The summed E-state index contributed by atoms with van der Waals surface area (Å²) in [5, 5.41) is 24.1. The molecule has 2 aromatic heterocycles. The fraction of sp³-hybridized carbons (Fsp3) is 0.229. The average molecular weight is 600 g/mol. The number of nitrogens with zero attached hydrogens (tertiary/aromatic N) is 5. The molecular weight excluding hydrogens is 566 g/mol. The zero-order valence-corrected chi connectivity index (χ0v) is 24.9. The van der Waals surface area contributed by atoms with Crippen LogP contribution >= 0.6 is 0 Å². The topological polar surface area (TPSA) is 145 Å². The lowest BCUT2D eigenvalue weighted by molar-refractivity contribution is 0.0696. The quantitative estimate of drug-likeness (QED) is 0.155. The summed E-state index contributed by atoms with van der Waals surface area (Å²) in [7, 11) is 0. The third-order valence-corrected chi connectivity index (χ3v) is 8.68. The van der Waals surface area contributed by atoms with Gasteiger partial charge in [0.05, 0.1) is 16.6 Å². The van der Waals surface area contributed by atoms with Gasteiger partial charge in [-0.25, -0.2) is 9.78 Å². The molecule has 0 bridgehead atoms. The largest absolute Gasteiger partial charge is 0.489 e. The second-order valence-corrected chi connectivity index (χ2v) is 11.6. The Bertz CT molecular complexity index is 1990. The number of rotatable bonds is 8. The van der Waals surface area contributed by atoms with E-state index in [0.29, 0.717) is 23.3 Å². The van der Waals surface area contributed by atoms with E-state index < -0.39 is 5.97 Å². The van der Waals surface area contributed by atoms with E-state index in [1.807, 2.05) is 67.6 Å². The highest BCUT2D eigenvalue weighted by Gasteiger charge is 2.23. The Morgan fingerprint density at radius 2 is 1.73 bits per heavy atom. The van der Waals surface area contributed by atoms with Crippen LogP contribution in [0.1, 0.15) is 59.6 Å². The number of nitrogens with one attached hydrogen (secondary N) is 1. The Hall–Kier alpha value is -5.51. The molecular formula is C35H33N7O3. The van der Waals surface area contributed by atoms with Crippen LogP contribution < -0.4 is 10.5 Å². The van der Waals surface area contributed by atoms with Gasteiger partial charge < -0.3 is 20.1 Å². The van der Waals surface area contributed by atoms with Crippen molar-refractivity contribution in [1.82, 2.24) is 30.2 Å². The van der Waals surface area contributed by atoms with Crippen molar-refractivity contribution in [3.05, 3.63) is 95.6 Å². The van der Waals surface area contributed by atoms with Gasteiger partial charge in [0.1, 0.15) is 18.2 Å². The number of tetrazole rings is 1. The molecule has 10 heteroatoms. The fourth-order valence-corrected chi connectivity index (χ4v) is 6.23. The molecule has 1 saturated carbocycles. The SMILES string of the molecule is Cc1ccc(-c2ccc(C(=O)O)cc2COc2ccc(-c3nc4cc(-c5nn[nH]n5)ccc4n3C3CCCCC3)cc2)cc1N. The smallest absolute Gasteiger partial charge is 0.335 e.